The van der Waals surface area contributed by atoms with Crippen LogP contribution in [-0.2, 0) is 16.0 Å². The molecule has 0 amide bonds. The van der Waals surface area contributed by atoms with Crippen LogP contribution in [0.5, 0.6) is 11.5 Å². The number of carbonyl (C=O) groups is 1. The number of nitrogens with zero attached hydrogens (tertiary/aromatic N) is 3. The van der Waals surface area contributed by atoms with Crippen LogP contribution in [0.25, 0.3) is 10.9 Å². The Kier molecular flexibility index (Phi) is 8.68. The fraction of sp³-hybridized carbons (Fsp3) is 0.333. The molecule has 0 aliphatic carbocycles. The summed E-state index contributed by atoms with van der Waals surface area (Å²) in [6.45, 7) is 5.73. The summed E-state index contributed by atoms with van der Waals surface area (Å²) < 4.78 is 18.1. The van der Waals surface area contributed by atoms with E-state index in [1.54, 1.807) is 31.2 Å². The Hall–Kier alpha value is -2.91. The molecule has 0 spiro atoms. The van der Waals surface area contributed by atoms with Crippen LogP contribution in [0.3, 0.4) is 0 Å². The predicted octanol–water partition coefficient (Wildman–Crippen LogP) is 4.99. The molecule has 0 saturated heterocycles. The van der Waals surface area contributed by atoms with Gasteiger partial charge in [-0.1, -0.05) is 34.5 Å². The highest BCUT2D eigenvalue weighted by atomic mass is 79.9. The van der Waals surface area contributed by atoms with Gasteiger partial charge in [-0.05, 0) is 56.2 Å². The molecule has 8 nitrogen and oxygen atoms in total. The number of aryl methyl sites for hydroxylation is 1. The molecule has 0 fully saturated rings. The van der Waals surface area contributed by atoms with Crippen molar-refractivity contribution in [3.8, 4) is 11.5 Å². The lowest BCUT2D eigenvalue weighted by molar-refractivity contribution is -0.147. The van der Waals surface area contributed by atoms with E-state index in [9.17, 15) is 9.59 Å². The van der Waals surface area contributed by atoms with Gasteiger partial charge in [0.15, 0.2) is 17.6 Å². The van der Waals surface area contributed by atoms with Crippen LogP contribution in [0.15, 0.2) is 44.7 Å². The highest BCUT2D eigenvalue weighted by Gasteiger charge is 2.20. The summed E-state index contributed by atoms with van der Waals surface area (Å²) >= 11 is 9.85. The quantitative estimate of drug-likeness (QED) is 0.275. The van der Waals surface area contributed by atoms with Gasteiger partial charge in [-0.2, -0.15) is 9.78 Å². The van der Waals surface area contributed by atoms with Gasteiger partial charge >= 0.3 is 5.97 Å². The number of hydrogen-bond acceptors (Lipinski definition) is 7. The maximum atomic E-state index is 13.2. The second kappa shape index (κ2) is 11.5. The average molecular weight is 551 g/mol. The Morgan fingerprint density at radius 2 is 2.06 bits per heavy atom. The molecule has 0 saturated carbocycles. The lowest BCUT2D eigenvalue weighted by Gasteiger charge is -2.17. The zero-order chi connectivity index (χ0) is 24.8. The number of esters is 1. The molecule has 0 aliphatic rings. The van der Waals surface area contributed by atoms with E-state index in [2.05, 4.69) is 26.0 Å². The first-order valence-electron chi connectivity index (χ1n) is 10.7. The lowest BCUT2D eigenvalue weighted by Crippen LogP contribution is -2.25. The Morgan fingerprint density at radius 1 is 1.29 bits per heavy atom. The first-order chi connectivity index (χ1) is 16.3. The molecular weight excluding hydrogens is 526 g/mol. The Balaban J connectivity index is 2.05. The molecule has 0 bridgehead atoms. The third-order valence-corrected chi connectivity index (χ3v) is 5.60. The van der Waals surface area contributed by atoms with Crippen LogP contribution in [-0.4, -0.2) is 41.7 Å². The second-order valence-electron chi connectivity index (χ2n) is 7.35. The second-order valence-corrected chi connectivity index (χ2v) is 8.67. The van der Waals surface area contributed by atoms with E-state index in [4.69, 9.17) is 25.8 Å². The summed E-state index contributed by atoms with van der Waals surface area (Å²) in [6.07, 6.45) is 2.02. The van der Waals surface area contributed by atoms with Crippen LogP contribution in [0.4, 0.5) is 0 Å². The number of benzene rings is 2. The molecule has 1 aromatic heterocycles. The van der Waals surface area contributed by atoms with Crippen molar-refractivity contribution in [3.63, 3.8) is 0 Å². The van der Waals surface area contributed by atoms with Gasteiger partial charge in [-0.15, -0.1) is 0 Å². The molecule has 34 heavy (non-hydrogen) atoms. The maximum Gasteiger partial charge on any atom is 0.346 e. The number of hydrogen-bond donors (Lipinski definition) is 0. The van der Waals surface area contributed by atoms with Crippen molar-refractivity contribution in [1.82, 2.24) is 9.66 Å². The van der Waals surface area contributed by atoms with Gasteiger partial charge < -0.3 is 14.2 Å². The van der Waals surface area contributed by atoms with E-state index in [1.165, 1.54) is 18.0 Å². The Bertz CT molecular complexity index is 1290. The van der Waals surface area contributed by atoms with Crippen LogP contribution < -0.4 is 15.0 Å². The van der Waals surface area contributed by atoms with Gasteiger partial charge in [0.05, 0.1) is 35.9 Å². The minimum atomic E-state index is -0.876. The molecule has 3 aromatic rings. The lowest BCUT2D eigenvalue weighted by atomic mass is 10.2. The molecule has 1 heterocycles. The summed E-state index contributed by atoms with van der Waals surface area (Å²) in [7, 11) is 1.28. The molecule has 2 aromatic carbocycles. The SMILES string of the molecule is CCCc1nc2ccc(Br)cc2c(=O)n1N=Cc1cc(Cl)c(O[C@H](C)C(=O)OC)c(OCC)c1. The topological polar surface area (TPSA) is 92.0 Å². The zero-order valence-electron chi connectivity index (χ0n) is 19.3. The van der Waals surface area contributed by atoms with Crippen molar-refractivity contribution < 1.29 is 19.0 Å². The Labute approximate surface area is 210 Å². The van der Waals surface area contributed by atoms with Gasteiger partial charge in [0.25, 0.3) is 5.56 Å². The summed E-state index contributed by atoms with van der Waals surface area (Å²) in [5.41, 5.74) is 0.926. The molecule has 0 unspecified atom stereocenters. The van der Waals surface area contributed by atoms with E-state index in [-0.39, 0.29) is 16.3 Å². The number of rotatable bonds is 9. The molecule has 10 heteroatoms. The van der Waals surface area contributed by atoms with E-state index < -0.39 is 12.1 Å². The maximum absolute atomic E-state index is 13.2. The fourth-order valence-corrected chi connectivity index (χ4v) is 3.88. The minimum absolute atomic E-state index is 0.222. The van der Waals surface area contributed by atoms with Crippen molar-refractivity contribution >= 4 is 50.6 Å². The number of halogens is 2. The third-order valence-electron chi connectivity index (χ3n) is 4.83. The number of methoxy groups -OCH3 is 1. The van der Waals surface area contributed by atoms with Crippen molar-refractivity contribution in [2.45, 2.75) is 39.7 Å². The van der Waals surface area contributed by atoms with Crippen LogP contribution >= 0.6 is 27.5 Å². The summed E-state index contributed by atoms with van der Waals surface area (Å²) in [5.74, 6) is 0.581. The van der Waals surface area contributed by atoms with Crippen LogP contribution in [0.1, 0.15) is 38.6 Å². The normalized spacial score (nSPS) is 12.2. The number of aromatic nitrogens is 2. The highest BCUT2D eigenvalue weighted by molar-refractivity contribution is 9.10. The molecule has 180 valence electrons. The molecule has 0 N–H and O–H groups in total. The standard InChI is InChI=1S/C24H25BrClN3O5/c1-5-7-21-28-19-9-8-16(25)12-17(19)23(30)29(21)27-13-15-10-18(26)22(20(11-15)33-6-2)34-14(3)24(31)32-4/h8-14H,5-7H2,1-4H3/t14-/m1/s1. The van der Waals surface area contributed by atoms with Gasteiger partial charge in [0, 0.05) is 10.9 Å². The first kappa shape index (κ1) is 25.7. The monoisotopic (exact) mass is 549 g/mol. The van der Waals surface area contributed by atoms with E-state index in [1.807, 2.05) is 19.9 Å². The van der Waals surface area contributed by atoms with Gasteiger partial charge in [0.2, 0.25) is 0 Å². The van der Waals surface area contributed by atoms with Crippen LogP contribution in [0, 0.1) is 0 Å². The molecule has 3 rings (SSSR count). The fourth-order valence-electron chi connectivity index (χ4n) is 3.25. The zero-order valence-corrected chi connectivity index (χ0v) is 21.6. The molecule has 0 aliphatic heterocycles. The Morgan fingerprint density at radius 3 is 2.74 bits per heavy atom. The van der Waals surface area contributed by atoms with Crippen molar-refractivity contribution in [3.05, 3.63) is 61.6 Å². The van der Waals surface area contributed by atoms with Gasteiger partial charge in [-0.25, -0.2) is 9.78 Å². The smallest absolute Gasteiger partial charge is 0.346 e. The first-order valence-corrected chi connectivity index (χ1v) is 11.9. The summed E-state index contributed by atoms with van der Waals surface area (Å²) in [4.78, 5) is 29.6. The van der Waals surface area contributed by atoms with E-state index in [0.717, 1.165) is 10.9 Å². The summed E-state index contributed by atoms with van der Waals surface area (Å²) in [6, 6.07) is 8.66. The highest BCUT2D eigenvalue weighted by Crippen LogP contribution is 2.37. The van der Waals surface area contributed by atoms with Crippen molar-refractivity contribution in [2.24, 2.45) is 5.10 Å². The predicted molar refractivity (Wildman–Crippen MR) is 135 cm³/mol. The van der Waals surface area contributed by atoms with Gasteiger partial charge in [0.1, 0.15) is 5.82 Å². The van der Waals surface area contributed by atoms with E-state index in [0.29, 0.717) is 41.1 Å². The number of ether oxygens (including phenoxy) is 3. The number of fused-ring (bicyclic) bond motifs is 1. The van der Waals surface area contributed by atoms with Crippen molar-refractivity contribution in [2.75, 3.05) is 13.7 Å². The summed E-state index contributed by atoms with van der Waals surface area (Å²) in [5, 5.41) is 5.11. The average Bonchev–Trinajstić information content (AvgIpc) is 2.81. The minimum Gasteiger partial charge on any atom is -0.490 e. The number of carbonyl (C=O) groups excluding carboxylic acids is 1. The largest absolute Gasteiger partial charge is 0.490 e. The molecular formula is C24H25BrClN3O5. The van der Waals surface area contributed by atoms with Crippen LogP contribution in [0.2, 0.25) is 5.02 Å². The van der Waals surface area contributed by atoms with Gasteiger partial charge in [-0.3, -0.25) is 4.79 Å². The van der Waals surface area contributed by atoms with E-state index >= 15 is 0 Å². The molecule has 1 atom stereocenters. The van der Waals surface area contributed by atoms with Crippen molar-refractivity contribution in [1.29, 1.82) is 0 Å². The third kappa shape index (κ3) is 5.77. The molecule has 0 radical (unpaired) electrons.